The molecule has 0 unspecified atom stereocenters. The number of nitrogens with one attached hydrogen (secondary N) is 1. The number of pyridine rings is 1. The number of ether oxygens (including phenoxy) is 2. The van der Waals surface area contributed by atoms with Crippen molar-refractivity contribution in [3.8, 4) is 0 Å². The van der Waals surface area contributed by atoms with Gasteiger partial charge in [0.05, 0.1) is 23.4 Å². The number of amides is 2. The van der Waals surface area contributed by atoms with E-state index in [-0.39, 0.29) is 25.0 Å². The van der Waals surface area contributed by atoms with Gasteiger partial charge in [-0.05, 0) is 48.7 Å². The average Bonchev–Trinajstić information content (AvgIpc) is 3.42. The van der Waals surface area contributed by atoms with E-state index in [9.17, 15) is 14.4 Å². The first-order valence-corrected chi connectivity index (χ1v) is 12.9. The molecule has 0 bridgehead atoms. The van der Waals surface area contributed by atoms with Crippen LogP contribution >= 0.6 is 0 Å². The van der Waals surface area contributed by atoms with Crippen molar-refractivity contribution in [3.63, 3.8) is 0 Å². The van der Waals surface area contributed by atoms with Crippen LogP contribution in [0.1, 0.15) is 40.7 Å². The number of hydrogen-bond acceptors (Lipinski definition) is 6. The number of hydrogen-bond donors (Lipinski definition) is 1. The summed E-state index contributed by atoms with van der Waals surface area (Å²) in [5, 5.41) is 3.90. The summed E-state index contributed by atoms with van der Waals surface area (Å²) in [5.41, 5.74) is 3.37. The molecule has 4 aromatic rings. The molecule has 1 aromatic heterocycles. The first-order valence-electron chi connectivity index (χ1n) is 12.9. The first kappa shape index (κ1) is 25.9. The molecule has 0 aliphatic carbocycles. The highest BCUT2D eigenvalue weighted by molar-refractivity contribution is 6.03. The molecule has 1 aliphatic rings. The van der Waals surface area contributed by atoms with Crippen molar-refractivity contribution in [3.05, 3.63) is 108 Å². The zero-order valence-corrected chi connectivity index (χ0v) is 21.6. The number of para-hydroxylation sites is 1. The molecule has 2 heterocycles. The van der Waals surface area contributed by atoms with Crippen molar-refractivity contribution in [1.29, 1.82) is 0 Å². The van der Waals surface area contributed by atoms with E-state index in [2.05, 4.69) is 10.3 Å². The van der Waals surface area contributed by atoms with Crippen molar-refractivity contribution in [2.24, 2.45) is 0 Å². The Bertz CT molecular complexity index is 1470. The third-order valence-electron chi connectivity index (χ3n) is 6.85. The van der Waals surface area contributed by atoms with E-state index in [0.29, 0.717) is 29.7 Å². The Morgan fingerprint density at radius 1 is 0.923 bits per heavy atom. The Morgan fingerprint density at radius 2 is 1.69 bits per heavy atom. The maximum Gasteiger partial charge on any atom is 0.410 e. The van der Waals surface area contributed by atoms with Gasteiger partial charge in [-0.1, -0.05) is 60.7 Å². The Kier molecular flexibility index (Phi) is 7.82. The maximum absolute atomic E-state index is 13.8. The molecule has 39 heavy (non-hydrogen) atoms. The van der Waals surface area contributed by atoms with Crippen LogP contribution in [0.3, 0.4) is 0 Å². The fraction of sp³-hybridized carbons (Fsp3) is 0.226. The van der Waals surface area contributed by atoms with Crippen LogP contribution in [0.25, 0.3) is 10.9 Å². The molecule has 5 rings (SSSR count). The van der Waals surface area contributed by atoms with Crippen LogP contribution in [-0.4, -0.2) is 47.0 Å². The van der Waals surface area contributed by atoms with Gasteiger partial charge in [0, 0.05) is 24.0 Å². The van der Waals surface area contributed by atoms with Crippen LogP contribution in [0.5, 0.6) is 0 Å². The van der Waals surface area contributed by atoms with Crippen LogP contribution in [-0.2, 0) is 20.9 Å². The number of anilines is 1. The Morgan fingerprint density at radius 3 is 2.46 bits per heavy atom. The quantitative estimate of drug-likeness (QED) is 0.319. The normalized spacial score (nSPS) is 16.6. The summed E-state index contributed by atoms with van der Waals surface area (Å²) in [4.78, 5) is 45.1. The Hall–Kier alpha value is -4.72. The summed E-state index contributed by atoms with van der Waals surface area (Å²) < 4.78 is 10.7. The highest BCUT2D eigenvalue weighted by Crippen LogP contribution is 2.35. The fourth-order valence-corrected chi connectivity index (χ4v) is 4.97. The highest BCUT2D eigenvalue weighted by Gasteiger charge is 2.43. The average molecular weight is 524 g/mol. The maximum atomic E-state index is 13.8. The summed E-state index contributed by atoms with van der Waals surface area (Å²) in [5.74, 6) is -1.03. The number of benzene rings is 3. The molecule has 8 heteroatoms. The van der Waals surface area contributed by atoms with Crippen LogP contribution in [0.15, 0.2) is 91.1 Å². The van der Waals surface area contributed by atoms with E-state index < -0.39 is 18.1 Å². The summed E-state index contributed by atoms with van der Waals surface area (Å²) >= 11 is 0. The molecule has 1 saturated heterocycles. The zero-order chi connectivity index (χ0) is 27.2. The van der Waals surface area contributed by atoms with Gasteiger partial charge in [-0.15, -0.1) is 0 Å². The molecular formula is C31H29N3O5. The summed E-state index contributed by atoms with van der Waals surface area (Å²) in [6.07, 6.45) is 1.68. The molecule has 198 valence electrons. The van der Waals surface area contributed by atoms with Crippen LogP contribution < -0.4 is 5.32 Å². The molecule has 0 radical (unpaired) electrons. The van der Waals surface area contributed by atoms with Gasteiger partial charge in [-0.25, -0.2) is 9.59 Å². The molecule has 2 atom stereocenters. The van der Waals surface area contributed by atoms with Crippen LogP contribution in [0.4, 0.5) is 10.5 Å². The number of esters is 1. The van der Waals surface area contributed by atoms with Crippen LogP contribution in [0, 0.1) is 0 Å². The number of nitrogens with zero attached hydrogens (tertiary/aromatic N) is 2. The summed E-state index contributed by atoms with van der Waals surface area (Å²) in [6.45, 7) is 2.50. The lowest BCUT2D eigenvalue weighted by molar-refractivity contribution is -0.120. The summed E-state index contributed by atoms with van der Waals surface area (Å²) in [7, 11) is 0. The van der Waals surface area contributed by atoms with E-state index in [4.69, 9.17) is 9.47 Å². The molecule has 1 N–H and O–H groups in total. The van der Waals surface area contributed by atoms with Crippen molar-refractivity contribution in [2.45, 2.75) is 31.9 Å². The largest absolute Gasteiger partial charge is 0.462 e. The number of carbonyl (C=O) groups excluding carboxylic acids is 3. The minimum absolute atomic E-state index is 0.108. The van der Waals surface area contributed by atoms with Crippen molar-refractivity contribution in [1.82, 2.24) is 9.88 Å². The second-order valence-electron chi connectivity index (χ2n) is 9.29. The first-order chi connectivity index (χ1) is 19.0. The fourth-order valence-electron chi connectivity index (χ4n) is 4.97. The smallest absolute Gasteiger partial charge is 0.410 e. The van der Waals surface area contributed by atoms with Gasteiger partial charge < -0.3 is 14.8 Å². The second kappa shape index (κ2) is 11.8. The van der Waals surface area contributed by atoms with Crippen molar-refractivity contribution in [2.75, 3.05) is 18.5 Å². The lowest BCUT2D eigenvalue weighted by Crippen LogP contribution is -2.45. The Balaban J connectivity index is 1.41. The number of fused-ring (bicyclic) bond motifs is 1. The van der Waals surface area contributed by atoms with Gasteiger partial charge >= 0.3 is 12.1 Å². The third-order valence-corrected chi connectivity index (χ3v) is 6.85. The third kappa shape index (κ3) is 5.75. The number of likely N-dealkylation sites (tertiary alicyclic amines) is 1. The van der Waals surface area contributed by atoms with Crippen molar-refractivity contribution < 1.29 is 23.9 Å². The van der Waals surface area contributed by atoms with E-state index in [1.54, 1.807) is 31.3 Å². The molecule has 8 nitrogen and oxygen atoms in total. The van der Waals surface area contributed by atoms with Gasteiger partial charge in [-0.2, -0.15) is 0 Å². The zero-order valence-electron chi connectivity index (χ0n) is 21.6. The molecule has 0 saturated carbocycles. The van der Waals surface area contributed by atoms with E-state index >= 15 is 0 Å². The minimum atomic E-state index is -0.819. The standard InChI is InChI=1S/C31H29N3O5/c1-2-38-30(36)24-15-13-22(14-16-24)25-17-19-34(31(37)39-20-21-8-4-3-5-9-21)28(25)29(35)33-26-12-6-10-23-11-7-18-32-27(23)26/h3-16,18,25,28H,2,17,19-20H2,1H3,(H,33,35)/t25-,28-/m0/s1. The molecular weight excluding hydrogens is 494 g/mol. The van der Waals surface area contributed by atoms with Crippen LogP contribution in [0.2, 0.25) is 0 Å². The van der Waals surface area contributed by atoms with E-state index in [0.717, 1.165) is 16.5 Å². The van der Waals surface area contributed by atoms with Gasteiger partial charge in [0.15, 0.2) is 0 Å². The molecule has 3 aromatic carbocycles. The molecule has 2 amide bonds. The number of rotatable bonds is 7. The Labute approximate surface area is 226 Å². The highest BCUT2D eigenvalue weighted by atomic mass is 16.6. The lowest BCUT2D eigenvalue weighted by Gasteiger charge is -2.27. The predicted molar refractivity (Wildman–Crippen MR) is 147 cm³/mol. The monoisotopic (exact) mass is 523 g/mol. The molecule has 0 spiro atoms. The van der Waals surface area contributed by atoms with Gasteiger partial charge in [0.2, 0.25) is 5.91 Å². The van der Waals surface area contributed by atoms with Gasteiger partial charge in [-0.3, -0.25) is 14.7 Å². The number of carbonyl (C=O) groups is 3. The lowest BCUT2D eigenvalue weighted by atomic mass is 9.90. The minimum Gasteiger partial charge on any atom is -0.462 e. The van der Waals surface area contributed by atoms with E-state index in [1.165, 1.54) is 4.90 Å². The second-order valence-corrected chi connectivity index (χ2v) is 9.29. The van der Waals surface area contributed by atoms with Crippen molar-refractivity contribution >= 4 is 34.6 Å². The molecule has 1 fully saturated rings. The SMILES string of the molecule is CCOC(=O)c1ccc([C@@H]2CCN(C(=O)OCc3ccccc3)[C@@H]2C(=O)Nc2cccc3cccnc23)cc1. The van der Waals surface area contributed by atoms with E-state index in [1.807, 2.05) is 66.7 Å². The summed E-state index contributed by atoms with van der Waals surface area (Å²) in [6, 6.07) is 24.9. The topological polar surface area (TPSA) is 97.8 Å². The molecule has 1 aliphatic heterocycles. The van der Waals surface area contributed by atoms with Gasteiger partial charge in [0.25, 0.3) is 0 Å². The number of aromatic nitrogens is 1. The van der Waals surface area contributed by atoms with Gasteiger partial charge in [0.1, 0.15) is 12.6 Å². The predicted octanol–water partition coefficient (Wildman–Crippen LogP) is 5.54.